The molecule has 0 saturated heterocycles. The van der Waals surface area contributed by atoms with Gasteiger partial charge in [0, 0.05) is 10.9 Å². The number of nitrogens with zero attached hydrogens (tertiary/aromatic N) is 1. The maximum atomic E-state index is 5.03. The molecule has 0 aliphatic rings. The molecule has 3 aromatic carbocycles. The van der Waals surface area contributed by atoms with E-state index in [0.717, 1.165) is 11.2 Å². The zero-order valence-electron chi connectivity index (χ0n) is 18.3. The maximum absolute atomic E-state index is 5.03. The minimum Gasteiger partial charge on any atom is -0.248 e. The van der Waals surface area contributed by atoms with Crippen LogP contribution in [0.25, 0.3) is 33.3 Å². The van der Waals surface area contributed by atoms with Crippen LogP contribution in [0.4, 0.5) is 0 Å². The highest BCUT2D eigenvalue weighted by Gasteiger charge is 2.15. The number of rotatable bonds is 2. The highest BCUT2D eigenvalue weighted by Crippen LogP contribution is 2.35. The van der Waals surface area contributed by atoms with Crippen LogP contribution < -0.4 is 0 Å². The highest BCUT2D eigenvalue weighted by molar-refractivity contribution is 5.97. The van der Waals surface area contributed by atoms with Gasteiger partial charge in [-0.05, 0) is 72.2 Å². The fourth-order valence-corrected chi connectivity index (χ4v) is 4.01. The van der Waals surface area contributed by atoms with E-state index in [1.165, 1.54) is 44.3 Å². The van der Waals surface area contributed by atoms with Crippen LogP contribution in [0.1, 0.15) is 43.0 Å². The molecule has 0 fully saturated rings. The molecule has 1 aromatic heterocycles. The fourth-order valence-electron chi connectivity index (χ4n) is 4.01. The lowest BCUT2D eigenvalue weighted by Crippen LogP contribution is -2.10. The van der Waals surface area contributed by atoms with Crippen molar-refractivity contribution in [1.29, 1.82) is 0 Å². The van der Waals surface area contributed by atoms with Gasteiger partial charge in [0.1, 0.15) is 0 Å². The molecule has 29 heavy (non-hydrogen) atoms. The van der Waals surface area contributed by atoms with E-state index in [1.54, 1.807) is 0 Å². The predicted octanol–water partition coefficient (Wildman–Crippen LogP) is 7.79. The molecule has 4 rings (SSSR count). The number of para-hydroxylation sites is 1. The minimum atomic E-state index is 0.153. The summed E-state index contributed by atoms with van der Waals surface area (Å²) in [6, 6.07) is 24.2. The van der Waals surface area contributed by atoms with E-state index in [2.05, 4.69) is 108 Å². The molecule has 0 unspecified atom stereocenters. The Bertz CT molecular complexity index is 1190. The number of benzene rings is 3. The third-order valence-electron chi connectivity index (χ3n) is 5.87. The average molecular weight is 380 g/mol. The van der Waals surface area contributed by atoms with Gasteiger partial charge in [0.2, 0.25) is 0 Å². The molecule has 4 aromatic rings. The van der Waals surface area contributed by atoms with Crippen LogP contribution in [0.5, 0.6) is 0 Å². The quantitative estimate of drug-likeness (QED) is 0.346. The second-order valence-electron chi connectivity index (χ2n) is 9.15. The Balaban J connectivity index is 1.95. The van der Waals surface area contributed by atoms with Gasteiger partial charge in [0.25, 0.3) is 0 Å². The van der Waals surface area contributed by atoms with Gasteiger partial charge in [0.05, 0.1) is 11.2 Å². The molecular weight excluding hydrogens is 350 g/mol. The van der Waals surface area contributed by atoms with E-state index in [0.29, 0.717) is 0 Å². The molecule has 0 atom stereocenters. The third-order valence-corrected chi connectivity index (χ3v) is 5.87. The van der Waals surface area contributed by atoms with Crippen molar-refractivity contribution in [2.75, 3.05) is 0 Å². The number of aryl methyl sites for hydroxylation is 2. The van der Waals surface area contributed by atoms with Gasteiger partial charge in [-0.25, -0.2) is 4.98 Å². The topological polar surface area (TPSA) is 12.9 Å². The van der Waals surface area contributed by atoms with Crippen molar-refractivity contribution in [2.24, 2.45) is 0 Å². The first-order valence-corrected chi connectivity index (χ1v) is 10.3. The van der Waals surface area contributed by atoms with Crippen LogP contribution in [-0.4, -0.2) is 4.98 Å². The van der Waals surface area contributed by atoms with E-state index in [1.807, 2.05) is 0 Å². The molecule has 1 heteroatoms. The zero-order valence-corrected chi connectivity index (χ0v) is 18.3. The van der Waals surface area contributed by atoms with E-state index in [-0.39, 0.29) is 5.41 Å². The highest BCUT2D eigenvalue weighted by atomic mass is 14.7. The normalized spacial score (nSPS) is 11.8. The van der Waals surface area contributed by atoms with Crippen LogP contribution in [0, 0.1) is 20.8 Å². The smallest absolute Gasteiger partial charge is 0.0718 e. The largest absolute Gasteiger partial charge is 0.248 e. The van der Waals surface area contributed by atoms with E-state index in [9.17, 15) is 0 Å². The molecule has 0 spiro atoms. The van der Waals surface area contributed by atoms with Crippen LogP contribution in [-0.2, 0) is 5.41 Å². The molecule has 0 radical (unpaired) electrons. The van der Waals surface area contributed by atoms with E-state index < -0.39 is 0 Å². The van der Waals surface area contributed by atoms with Gasteiger partial charge >= 0.3 is 0 Å². The van der Waals surface area contributed by atoms with E-state index in [4.69, 9.17) is 4.98 Å². The van der Waals surface area contributed by atoms with Crippen molar-refractivity contribution in [2.45, 2.75) is 47.0 Å². The van der Waals surface area contributed by atoms with Gasteiger partial charge in [0.15, 0.2) is 0 Å². The van der Waals surface area contributed by atoms with E-state index >= 15 is 0 Å². The van der Waals surface area contributed by atoms with Crippen molar-refractivity contribution >= 4 is 10.9 Å². The molecule has 0 aliphatic heterocycles. The Hall–Kier alpha value is -2.93. The summed E-state index contributed by atoms with van der Waals surface area (Å²) < 4.78 is 0. The van der Waals surface area contributed by atoms with Crippen molar-refractivity contribution in [3.63, 3.8) is 0 Å². The fraction of sp³-hybridized carbons (Fsp3) is 0.250. The zero-order chi connectivity index (χ0) is 20.8. The molecular formula is C28H29N. The number of fused-ring (bicyclic) bond motifs is 1. The summed E-state index contributed by atoms with van der Waals surface area (Å²) in [4.78, 5) is 5.03. The molecule has 1 nitrogen and oxygen atoms in total. The van der Waals surface area contributed by atoms with Crippen molar-refractivity contribution < 1.29 is 0 Å². The molecule has 0 aliphatic carbocycles. The number of pyridine rings is 1. The Kier molecular flexibility index (Phi) is 4.78. The van der Waals surface area contributed by atoms with Gasteiger partial charge in [-0.15, -0.1) is 0 Å². The summed E-state index contributed by atoms with van der Waals surface area (Å²) in [7, 11) is 0. The predicted molar refractivity (Wildman–Crippen MR) is 126 cm³/mol. The summed E-state index contributed by atoms with van der Waals surface area (Å²) in [5.74, 6) is 0. The van der Waals surface area contributed by atoms with Gasteiger partial charge in [-0.2, -0.15) is 0 Å². The lowest BCUT2D eigenvalue weighted by Gasteiger charge is -2.19. The summed E-state index contributed by atoms with van der Waals surface area (Å²) in [6.07, 6.45) is 0. The first kappa shape index (κ1) is 19.4. The second kappa shape index (κ2) is 7.15. The number of aromatic nitrogens is 1. The molecule has 146 valence electrons. The van der Waals surface area contributed by atoms with Gasteiger partial charge in [-0.1, -0.05) is 74.9 Å². The van der Waals surface area contributed by atoms with Gasteiger partial charge < -0.3 is 0 Å². The summed E-state index contributed by atoms with van der Waals surface area (Å²) in [6.45, 7) is 13.3. The first-order valence-electron chi connectivity index (χ1n) is 10.3. The SMILES string of the molecule is Cc1cc(C)c(C)c(-c2cc(-c3ccc(C(C)(C)C)cc3)c3ccccc3n2)c1. The van der Waals surface area contributed by atoms with Crippen molar-refractivity contribution in [1.82, 2.24) is 4.98 Å². The second-order valence-corrected chi connectivity index (χ2v) is 9.15. The third kappa shape index (κ3) is 3.70. The summed E-state index contributed by atoms with van der Waals surface area (Å²) in [5.41, 5.74) is 11.2. The average Bonchev–Trinajstić information content (AvgIpc) is 2.69. The van der Waals surface area contributed by atoms with Crippen LogP contribution >= 0.6 is 0 Å². The Morgan fingerprint density at radius 1 is 0.724 bits per heavy atom. The summed E-state index contributed by atoms with van der Waals surface area (Å²) >= 11 is 0. The van der Waals surface area contributed by atoms with Crippen LogP contribution in [0.2, 0.25) is 0 Å². The molecule has 0 bridgehead atoms. The molecule has 0 saturated carbocycles. The molecule has 1 heterocycles. The number of hydrogen-bond donors (Lipinski definition) is 0. The first-order chi connectivity index (χ1) is 13.7. The maximum Gasteiger partial charge on any atom is 0.0718 e. The molecule has 0 N–H and O–H groups in total. The monoisotopic (exact) mass is 379 g/mol. The van der Waals surface area contributed by atoms with Crippen LogP contribution in [0.15, 0.2) is 66.7 Å². The molecule has 0 amide bonds. The van der Waals surface area contributed by atoms with Crippen LogP contribution in [0.3, 0.4) is 0 Å². The Labute approximate surface area is 174 Å². The standard InChI is InChI=1S/C28H29N/c1-18-15-19(2)20(3)24(16-18)27-17-25(23-9-7-8-10-26(23)29-27)21-11-13-22(14-12-21)28(4,5)6/h7-17H,1-6H3. The van der Waals surface area contributed by atoms with Crippen molar-refractivity contribution in [3.05, 3.63) is 89.0 Å². The lowest BCUT2D eigenvalue weighted by molar-refractivity contribution is 0.590. The minimum absolute atomic E-state index is 0.153. The van der Waals surface area contributed by atoms with Crippen molar-refractivity contribution in [3.8, 4) is 22.4 Å². The Morgan fingerprint density at radius 2 is 1.41 bits per heavy atom. The number of hydrogen-bond acceptors (Lipinski definition) is 1. The van der Waals surface area contributed by atoms with Gasteiger partial charge in [-0.3, -0.25) is 0 Å². The summed E-state index contributed by atoms with van der Waals surface area (Å²) in [5, 5.41) is 1.20. The Morgan fingerprint density at radius 3 is 2.10 bits per heavy atom. The lowest BCUT2D eigenvalue weighted by atomic mass is 9.86.